The van der Waals surface area contributed by atoms with Crippen LogP contribution >= 0.6 is 0 Å². The van der Waals surface area contributed by atoms with E-state index in [0.717, 1.165) is 24.3 Å². The highest BCUT2D eigenvalue weighted by molar-refractivity contribution is 5.46. The molecule has 0 saturated carbocycles. The van der Waals surface area contributed by atoms with Crippen molar-refractivity contribution >= 4 is 5.69 Å². The standard InChI is InChI=1S/C16H20N2/c1-12-6-5-7-13(2)15(12)11-18-10-14-8-3-4-9-16(14)17/h3-9,18H,10-11,17H2,1-2H3. The highest BCUT2D eigenvalue weighted by Crippen LogP contribution is 2.14. The van der Waals surface area contributed by atoms with E-state index in [0.29, 0.717) is 0 Å². The van der Waals surface area contributed by atoms with Crippen molar-refractivity contribution in [1.29, 1.82) is 0 Å². The van der Waals surface area contributed by atoms with Gasteiger partial charge in [0.1, 0.15) is 0 Å². The molecular weight excluding hydrogens is 220 g/mol. The fourth-order valence-corrected chi connectivity index (χ4v) is 2.15. The third-order valence-electron chi connectivity index (χ3n) is 3.32. The lowest BCUT2D eigenvalue weighted by molar-refractivity contribution is 0.689. The van der Waals surface area contributed by atoms with E-state index in [9.17, 15) is 0 Å². The van der Waals surface area contributed by atoms with E-state index in [1.54, 1.807) is 0 Å². The summed E-state index contributed by atoms with van der Waals surface area (Å²) in [5.74, 6) is 0. The van der Waals surface area contributed by atoms with Gasteiger partial charge in [-0.3, -0.25) is 0 Å². The van der Waals surface area contributed by atoms with Gasteiger partial charge in [0.05, 0.1) is 0 Å². The highest BCUT2D eigenvalue weighted by atomic mass is 14.9. The lowest BCUT2D eigenvalue weighted by atomic mass is 10.0. The molecule has 0 radical (unpaired) electrons. The summed E-state index contributed by atoms with van der Waals surface area (Å²) in [5.41, 5.74) is 12.0. The van der Waals surface area contributed by atoms with Crippen LogP contribution in [0.15, 0.2) is 42.5 Å². The Morgan fingerprint density at radius 1 is 0.889 bits per heavy atom. The van der Waals surface area contributed by atoms with Gasteiger partial charge in [-0.05, 0) is 42.2 Å². The Balaban J connectivity index is 1.99. The van der Waals surface area contributed by atoms with Crippen molar-refractivity contribution in [3.63, 3.8) is 0 Å². The zero-order valence-electron chi connectivity index (χ0n) is 11.0. The molecule has 2 rings (SSSR count). The van der Waals surface area contributed by atoms with Crippen LogP contribution in [-0.4, -0.2) is 0 Å². The molecule has 0 amide bonds. The van der Waals surface area contributed by atoms with Crippen molar-refractivity contribution in [2.24, 2.45) is 0 Å². The average Bonchev–Trinajstić information content (AvgIpc) is 2.35. The molecule has 0 aliphatic carbocycles. The smallest absolute Gasteiger partial charge is 0.0359 e. The molecule has 2 nitrogen and oxygen atoms in total. The Morgan fingerprint density at radius 2 is 1.56 bits per heavy atom. The fraction of sp³-hybridized carbons (Fsp3) is 0.250. The van der Waals surface area contributed by atoms with Gasteiger partial charge in [0.2, 0.25) is 0 Å². The molecule has 0 aromatic heterocycles. The second-order valence-electron chi connectivity index (χ2n) is 4.67. The molecule has 18 heavy (non-hydrogen) atoms. The number of para-hydroxylation sites is 1. The molecule has 0 heterocycles. The van der Waals surface area contributed by atoms with Crippen LogP contribution in [0.2, 0.25) is 0 Å². The van der Waals surface area contributed by atoms with Crippen molar-refractivity contribution in [2.75, 3.05) is 5.73 Å². The Labute approximate surface area is 109 Å². The Bertz CT molecular complexity index is 512. The van der Waals surface area contributed by atoms with E-state index in [4.69, 9.17) is 5.73 Å². The van der Waals surface area contributed by atoms with Gasteiger partial charge in [-0.25, -0.2) is 0 Å². The van der Waals surface area contributed by atoms with Gasteiger partial charge in [0, 0.05) is 18.8 Å². The van der Waals surface area contributed by atoms with Crippen molar-refractivity contribution < 1.29 is 0 Å². The number of benzene rings is 2. The van der Waals surface area contributed by atoms with E-state index in [2.05, 4.69) is 43.4 Å². The Morgan fingerprint density at radius 3 is 2.22 bits per heavy atom. The minimum atomic E-state index is 0.806. The molecule has 0 unspecified atom stereocenters. The molecule has 3 N–H and O–H groups in total. The van der Waals surface area contributed by atoms with Gasteiger partial charge >= 0.3 is 0 Å². The van der Waals surface area contributed by atoms with E-state index < -0.39 is 0 Å². The summed E-state index contributed by atoms with van der Waals surface area (Å²) in [7, 11) is 0. The van der Waals surface area contributed by atoms with Crippen molar-refractivity contribution in [1.82, 2.24) is 5.32 Å². The first-order valence-electron chi connectivity index (χ1n) is 6.27. The van der Waals surface area contributed by atoms with Crippen LogP contribution in [0.1, 0.15) is 22.3 Å². The molecular formula is C16H20N2. The predicted octanol–water partition coefficient (Wildman–Crippen LogP) is 3.18. The number of anilines is 1. The number of rotatable bonds is 4. The van der Waals surface area contributed by atoms with Gasteiger partial charge in [-0.1, -0.05) is 36.4 Å². The van der Waals surface area contributed by atoms with Crippen LogP contribution in [0.25, 0.3) is 0 Å². The lowest BCUT2D eigenvalue weighted by Gasteiger charge is -2.11. The summed E-state index contributed by atoms with van der Waals surface area (Å²) in [4.78, 5) is 0. The zero-order chi connectivity index (χ0) is 13.0. The van der Waals surface area contributed by atoms with E-state index in [-0.39, 0.29) is 0 Å². The largest absolute Gasteiger partial charge is 0.398 e. The molecule has 0 aliphatic heterocycles. The number of hydrogen-bond acceptors (Lipinski definition) is 2. The van der Waals surface area contributed by atoms with Gasteiger partial charge < -0.3 is 11.1 Å². The van der Waals surface area contributed by atoms with Crippen molar-refractivity contribution in [3.05, 3.63) is 64.7 Å². The molecule has 2 heteroatoms. The van der Waals surface area contributed by atoms with Crippen LogP contribution in [0, 0.1) is 13.8 Å². The topological polar surface area (TPSA) is 38.0 Å². The first-order chi connectivity index (χ1) is 8.68. The maximum Gasteiger partial charge on any atom is 0.0359 e. The molecule has 0 saturated heterocycles. The first kappa shape index (κ1) is 12.7. The van der Waals surface area contributed by atoms with Crippen LogP contribution in [0.3, 0.4) is 0 Å². The molecule has 0 fully saturated rings. The van der Waals surface area contributed by atoms with Crippen LogP contribution in [-0.2, 0) is 13.1 Å². The van der Waals surface area contributed by atoms with Crippen LogP contribution in [0.5, 0.6) is 0 Å². The Hall–Kier alpha value is -1.80. The predicted molar refractivity (Wildman–Crippen MR) is 77.3 cm³/mol. The minimum Gasteiger partial charge on any atom is -0.398 e. The molecule has 0 atom stereocenters. The molecule has 2 aromatic carbocycles. The summed E-state index contributed by atoms with van der Waals surface area (Å²) in [5, 5.41) is 3.46. The molecule has 94 valence electrons. The summed E-state index contributed by atoms with van der Waals surface area (Å²) >= 11 is 0. The lowest BCUT2D eigenvalue weighted by Crippen LogP contribution is -2.15. The van der Waals surface area contributed by atoms with Crippen LogP contribution < -0.4 is 11.1 Å². The quantitative estimate of drug-likeness (QED) is 0.806. The van der Waals surface area contributed by atoms with Crippen LogP contribution in [0.4, 0.5) is 5.69 Å². The SMILES string of the molecule is Cc1cccc(C)c1CNCc1ccccc1N. The number of nitrogens with two attached hydrogens (primary N) is 1. The van der Waals surface area contributed by atoms with E-state index in [1.165, 1.54) is 16.7 Å². The average molecular weight is 240 g/mol. The third kappa shape index (κ3) is 2.90. The number of aryl methyl sites for hydroxylation is 2. The van der Waals surface area contributed by atoms with Gasteiger partial charge in [0.25, 0.3) is 0 Å². The fourth-order valence-electron chi connectivity index (χ4n) is 2.15. The highest BCUT2D eigenvalue weighted by Gasteiger charge is 2.02. The van der Waals surface area contributed by atoms with E-state index >= 15 is 0 Å². The number of nitrogens with one attached hydrogen (secondary N) is 1. The molecule has 0 bridgehead atoms. The van der Waals surface area contributed by atoms with Gasteiger partial charge in [-0.2, -0.15) is 0 Å². The molecule has 0 aliphatic rings. The second kappa shape index (κ2) is 5.69. The Kier molecular flexibility index (Phi) is 4.00. The normalized spacial score (nSPS) is 10.6. The summed E-state index contributed by atoms with van der Waals surface area (Å²) in [6, 6.07) is 14.4. The van der Waals surface area contributed by atoms with Gasteiger partial charge in [0.15, 0.2) is 0 Å². The first-order valence-corrected chi connectivity index (χ1v) is 6.27. The van der Waals surface area contributed by atoms with Gasteiger partial charge in [-0.15, -0.1) is 0 Å². The summed E-state index contributed by atoms with van der Waals surface area (Å²) in [6.07, 6.45) is 0. The minimum absolute atomic E-state index is 0.806. The van der Waals surface area contributed by atoms with Crippen molar-refractivity contribution in [2.45, 2.75) is 26.9 Å². The zero-order valence-corrected chi connectivity index (χ0v) is 11.0. The number of nitrogen functional groups attached to an aromatic ring is 1. The molecule has 2 aromatic rings. The third-order valence-corrected chi connectivity index (χ3v) is 3.32. The molecule has 0 spiro atoms. The number of hydrogen-bond donors (Lipinski definition) is 2. The second-order valence-corrected chi connectivity index (χ2v) is 4.67. The maximum absolute atomic E-state index is 5.92. The van der Waals surface area contributed by atoms with Crippen molar-refractivity contribution in [3.8, 4) is 0 Å². The van der Waals surface area contributed by atoms with E-state index in [1.807, 2.05) is 18.2 Å². The maximum atomic E-state index is 5.92. The summed E-state index contributed by atoms with van der Waals surface area (Å²) in [6.45, 7) is 6.00. The summed E-state index contributed by atoms with van der Waals surface area (Å²) < 4.78 is 0. The monoisotopic (exact) mass is 240 g/mol.